The van der Waals surface area contributed by atoms with Crippen molar-refractivity contribution >= 4 is 0 Å². The average molecular weight is 158 g/mol. The fraction of sp³-hybridized carbons (Fsp3) is 1.00. The fourth-order valence-corrected chi connectivity index (χ4v) is 1.31. The summed E-state index contributed by atoms with van der Waals surface area (Å²) in [5.41, 5.74) is 3.37. The number of hydrogen-bond acceptors (Lipinski definition) is 3. The van der Waals surface area contributed by atoms with Crippen molar-refractivity contribution in [3.63, 3.8) is 0 Å². The molecule has 1 heterocycles. The normalized spacial score (nSPS) is 21.5. The van der Waals surface area contributed by atoms with Crippen molar-refractivity contribution in [1.82, 2.24) is 10.4 Å². The van der Waals surface area contributed by atoms with E-state index in [1.165, 1.54) is 25.8 Å². The molecule has 0 radical (unpaired) electrons. The first kappa shape index (κ1) is 8.97. The Morgan fingerprint density at radius 3 is 3.09 bits per heavy atom. The summed E-state index contributed by atoms with van der Waals surface area (Å²) in [5, 5.41) is 2.26. The molecule has 0 aromatic heterocycles. The topological polar surface area (TPSA) is 24.5 Å². The summed E-state index contributed by atoms with van der Waals surface area (Å²) in [6.45, 7) is 4.14. The van der Waals surface area contributed by atoms with Gasteiger partial charge in [0.1, 0.15) is 0 Å². The van der Waals surface area contributed by atoms with Gasteiger partial charge in [0, 0.05) is 26.7 Å². The third kappa shape index (κ3) is 3.70. The summed E-state index contributed by atoms with van der Waals surface area (Å²) < 4.78 is 5.00. The minimum Gasteiger partial charge on any atom is -0.383 e. The van der Waals surface area contributed by atoms with Crippen LogP contribution in [0.4, 0.5) is 0 Å². The van der Waals surface area contributed by atoms with Gasteiger partial charge in [-0.1, -0.05) is 6.42 Å². The predicted molar refractivity (Wildman–Crippen MR) is 45.3 cm³/mol. The van der Waals surface area contributed by atoms with Crippen LogP contribution in [0.3, 0.4) is 0 Å². The molecule has 0 amide bonds. The molecular formula is C8H18N2O. The van der Waals surface area contributed by atoms with Crippen LogP contribution in [0, 0.1) is 0 Å². The second-order valence-corrected chi connectivity index (χ2v) is 2.95. The molecule has 1 rings (SSSR count). The Morgan fingerprint density at radius 1 is 1.36 bits per heavy atom. The highest BCUT2D eigenvalue weighted by Crippen LogP contribution is 2.00. The number of hydrazine groups is 1. The van der Waals surface area contributed by atoms with E-state index in [0.29, 0.717) is 0 Å². The zero-order valence-corrected chi connectivity index (χ0v) is 7.31. The van der Waals surface area contributed by atoms with E-state index in [4.69, 9.17) is 4.74 Å². The lowest BCUT2D eigenvalue weighted by atomic mass is 10.2. The molecule has 0 saturated carbocycles. The van der Waals surface area contributed by atoms with Gasteiger partial charge in [0.2, 0.25) is 0 Å². The van der Waals surface area contributed by atoms with Gasteiger partial charge in [-0.05, 0) is 12.8 Å². The first-order valence-corrected chi connectivity index (χ1v) is 4.41. The van der Waals surface area contributed by atoms with Gasteiger partial charge in [0.05, 0.1) is 6.61 Å². The van der Waals surface area contributed by atoms with Gasteiger partial charge in [-0.3, -0.25) is 5.43 Å². The summed E-state index contributed by atoms with van der Waals surface area (Å²) >= 11 is 0. The van der Waals surface area contributed by atoms with Crippen molar-refractivity contribution in [2.75, 3.05) is 33.4 Å². The quantitative estimate of drug-likeness (QED) is 0.651. The monoisotopic (exact) mass is 158 g/mol. The van der Waals surface area contributed by atoms with Crippen LogP contribution >= 0.6 is 0 Å². The predicted octanol–water partition coefficient (Wildman–Crippen LogP) is 0.623. The van der Waals surface area contributed by atoms with Crippen molar-refractivity contribution < 1.29 is 4.74 Å². The number of nitrogens with one attached hydrogen (secondary N) is 1. The Kier molecular flexibility index (Phi) is 4.50. The van der Waals surface area contributed by atoms with Crippen LogP contribution in [0.15, 0.2) is 0 Å². The SMILES string of the molecule is COCCN1CCCCCN1. The molecule has 1 aliphatic heterocycles. The summed E-state index contributed by atoms with van der Waals surface area (Å²) in [7, 11) is 1.75. The molecular weight excluding hydrogens is 140 g/mol. The molecule has 0 aromatic rings. The van der Waals surface area contributed by atoms with Crippen LogP contribution in [-0.2, 0) is 4.74 Å². The Bertz CT molecular complexity index is 90.1. The molecule has 1 aliphatic rings. The zero-order valence-electron chi connectivity index (χ0n) is 7.31. The van der Waals surface area contributed by atoms with Gasteiger partial charge in [-0.15, -0.1) is 0 Å². The number of rotatable bonds is 3. The molecule has 1 saturated heterocycles. The van der Waals surface area contributed by atoms with Crippen LogP contribution in [0.2, 0.25) is 0 Å². The second-order valence-electron chi connectivity index (χ2n) is 2.95. The van der Waals surface area contributed by atoms with E-state index in [-0.39, 0.29) is 0 Å². The number of hydrogen-bond donors (Lipinski definition) is 1. The van der Waals surface area contributed by atoms with Crippen LogP contribution in [0.25, 0.3) is 0 Å². The molecule has 11 heavy (non-hydrogen) atoms. The fourth-order valence-electron chi connectivity index (χ4n) is 1.31. The molecule has 1 fully saturated rings. The Morgan fingerprint density at radius 2 is 2.27 bits per heavy atom. The first-order chi connectivity index (χ1) is 5.43. The van der Waals surface area contributed by atoms with Gasteiger partial charge < -0.3 is 4.74 Å². The van der Waals surface area contributed by atoms with Crippen LogP contribution < -0.4 is 5.43 Å². The first-order valence-electron chi connectivity index (χ1n) is 4.41. The highest BCUT2D eigenvalue weighted by atomic mass is 16.5. The third-order valence-electron chi connectivity index (χ3n) is 2.01. The van der Waals surface area contributed by atoms with E-state index < -0.39 is 0 Å². The van der Waals surface area contributed by atoms with Gasteiger partial charge in [0.25, 0.3) is 0 Å². The van der Waals surface area contributed by atoms with Gasteiger partial charge in [0.15, 0.2) is 0 Å². The Balaban J connectivity index is 2.09. The molecule has 0 spiro atoms. The summed E-state index contributed by atoms with van der Waals surface area (Å²) in [4.78, 5) is 0. The van der Waals surface area contributed by atoms with E-state index in [2.05, 4.69) is 10.4 Å². The van der Waals surface area contributed by atoms with Crippen molar-refractivity contribution in [3.05, 3.63) is 0 Å². The lowest BCUT2D eigenvalue weighted by Crippen LogP contribution is -2.39. The lowest BCUT2D eigenvalue weighted by molar-refractivity contribution is 0.119. The van der Waals surface area contributed by atoms with Gasteiger partial charge >= 0.3 is 0 Å². The lowest BCUT2D eigenvalue weighted by Gasteiger charge is -2.19. The van der Waals surface area contributed by atoms with Crippen molar-refractivity contribution in [1.29, 1.82) is 0 Å². The molecule has 3 nitrogen and oxygen atoms in total. The van der Waals surface area contributed by atoms with Gasteiger partial charge in [-0.2, -0.15) is 0 Å². The van der Waals surface area contributed by atoms with Crippen molar-refractivity contribution in [2.45, 2.75) is 19.3 Å². The maximum absolute atomic E-state index is 5.00. The van der Waals surface area contributed by atoms with E-state index >= 15 is 0 Å². The largest absolute Gasteiger partial charge is 0.383 e. The highest BCUT2D eigenvalue weighted by molar-refractivity contribution is 4.58. The van der Waals surface area contributed by atoms with Crippen molar-refractivity contribution in [3.8, 4) is 0 Å². The minimum atomic E-state index is 0.826. The number of ether oxygens (including phenoxy) is 1. The summed E-state index contributed by atoms with van der Waals surface area (Å²) in [6, 6.07) is 0. The number of nitrogens with zero attached hydrogens (tertiary/aromatic N) is 1. The van der Waals surface area contributed by atoms with E-state index in [1.54, 1.807) is 7.11 Å². The molecule has 0 unspecified atom stereocenters. The summed E-state index contributed by atoms with van der Waals surface area (Å²) in [6.07, 6.45) is 3.98. The van der Waals surface area contributed by atoms with Gasteiger partial charge in [-0.25, -0.2) is 5.01 Å². The molecule has 0 aromatic carbocycles. The second kappa shape index (κ2) is 5.52. The maximum atomic E-state index is 5.00. The minimum absolute atomic E-state index is 0.826. The molecule has 0 atom stereocenters. The average Bonchev–Trinajstić information content (AvgIpc) is 2.28. The molecule has 0 aliphatic carbocycles. The molecule has 0 bridgehead atoms. The Labute approximate surface area is 68.7 Å². The van der Waals surface area contributed by atoms with E-state index in [9.17, 15) is 0 Å². The van der Waals surface area contributed by atoms with Crippen LogP contribution in [0.1, 0.15) is 19.3 Å². The highest BCUT2D eigenvalue weighted by Gasteiger charge is 2.06. The zero-order chi connectivity index (χ0) is 7.94. The van der Waals surface area contributed by atoms with E-state index in [0.717, 1.165) is 19.7 Å². The summed E-state index contributed by atoms with van der Waals surface area (Å²) in [5.74, 6) is 0. The Hall–Kier alpha value is -0.120. The third-order valence-corrected chi connectivity index (χ3v) is 2.01. The molecule has 1 N–H and O–H groups in total. The van der Waals surface area contributed by atoms with Crippen molar-refractivity contribution in [2.24, 2.45) is 0 Å². The van der Waals surface area contributed by atoms with E-state index in [1.807, 2.05) is 0 Å². The van der Waals surface area contributed by atoms with Crippen LogP contribution in [0.5, 0.6) is 0 Å². The standard InChI is InChI=1S/C8H18N2O/c1-11-8-7-10-6-4-2-3-5-9-10/h9H,2-8H2,1H3. The molecule has 3 heteroatoms. The van der Waals surface area contributed by atoms with Crippen LogP contribution in [-0.4, -0.2) is 38.4 Å². The smallest absolute Gasteiger partial charge is 0.0603 e. The maximum Gasteiger partial charge on any atom is 0.0603 e. The number of methoxy groups -OCH3 is 1. The molecule has 66 valence electrons.